The van der Waals surface area contributed by atoms with E-state index >= 15 is 0 Å². The van der Waals surface area contributed by atoms with Crippen molar-refractivity contribution in [2.24, 2.45) is 11.8 Å². The van der Waals surface area contributed by atoms with Gasteiger partial charge in [-0.2, -0.15) is 0 Å². The van der Waals surface area contributed by atoms with E-state index in [1.54, 1.807) is 21.0 Å². The Kier molecular flexibility index (Phi) is 13.0. The van der Waals surface area contributed by atoms with Crippen LogP contribution >= 0.6 is 0 Å². The molecule has 0 aromatic carbocycles. The van der Waals surface area contributed by atoms with Gasteiger partial charge >= 0.3 is 0 Å². The fraction of sp³-hybridized carbons (Fsp3) is 0.833. The molecule has 7 nitrogen and oxygen atoms in total. The maximum Gasteiger partial charge on any atom is 0.222 e. The number of ketones is 1. The Morgan fingerprint density at radius 2 is 1.64 bits per heavy atom. The normalized spacial score (nSPS) is 12.3. The molecule has 0 unspecified atom stereocenters. The summed E-state index contributed by atoms with van der Waals surface area (Å²) in [6.45, 7) is 9.28. The molecular weight excluding hydrogens is 324 g/mol. The van der Waals surface area contributed by atoms with Gasteiger partial charge in [-0.3, -0.25) is 14.4 Å². The summed E-state index contributed by atoms with van der Waals surface area (Å²) in [5, 5.41) is 5.40. The maximum absolute atomic E-state index is 12.3. The van der Waals surface area contributed by atoms with Crippen molar-refractivity contribution in [2.75, 3.05) is 33.5 Å². The Hall–Kier alpha value is -1.47. The summed E-state index contributed by atoms with van der Waals surface area (Å²) in [5.74, 6) is -0.446. The molecule has 0 aliphatic rings. The zero-order chi connectivity index (χ0) is 19.2. The van der Waals surface area contributed by atoms with Gasteiger partial charge < -0.3 is 20.1 Å². The van der Waals surface area contributed by atoms with Crippen molar-refractivity contribution in [1.82, 2.24) is 10.6 Å². The molecule has 0 spiro atoms. The van der Waals surface area contributed by atoms with Gasteiger partial charge in [0.25, 0.3) is 0 Å². The lowest BCUT2D eigenvalue weighted by Gasteiger charge is -2.19. The van der Waals surface area contributed by atoms with Gasteiger partial charge in [0.2, 0.25) is 11.8 Å². The van der Waals surface area contributed by atoms with Crippen LogP contribution < -0.4 is 10.6 Å². The number of hydrogen-bond acceptors (Lipinski definition) is 5. The number of carbonyl (C=O) groups is 3. The molecule has 0 rings (SSSR count). The van der Waals surface area contributed by atoms with Crippen molar-refractivity contribution in [1.29, 1.82) is 0 Å². The van der Waals surface area contributed by atoms with E-state index in [4.69, 9.17) is 9.47 Å². The average molecular weight is 358 g/mol. The highest BCUT2D eigenvalue weighted by molar-refractivity contribution is 5.94. The van der Waals surface area contributed by atoms with E-state index in [2.05, 4.69) is 10.6 Å². The van der Waals surface area contributed by atoms with Crippen molar-refractivity contribution in [2.45, 2.75) is 53.0 Å². The molecule has 0 aliphatic heterocycles. The molecule has 0 saturated heterocycles. The van der Waals surface area contributed by atoms with E-state index in [9.17, 15) is 14.4 Å². The molecule has 146 valence electrons. The number of hydrogen-bond donors (Lipinski definition) is 2. The van der Waals surface area contributed by atoms with Gasteiger partial charge in [0.15, 0.2) is 5.78 Å². The highest BCUT2D eigenvalue weighted by atomic mass is 16.5. The fourth-order valence-electron chi connectivity index (χ4n) is 2.08. The largest absolute Gasteiger partial charge is 0.382 e. The number of nitrogens with one attached hydrogen (secondary N) is 2. The van der Waals surface area contributed by atoms with Crippen LogP contribution in [0.3, 0.4) is 0 Å². The van der Waals surface area contributed by atoms with Gasteiger partial charge in [0, 0.05) is 26.0 Å². The lowest BCUT2D eigenvalue weighted by Crippen LogP contribution is -2.46. The van der Waals surface area contributed by atoms with Crippen LogP contribution in [0.5, 0.6) is 0 Å². The molecule has 0 bridgehead atoms. The van der Waals surface area contributed by atoms with Gasteiger partial charge in [-0.05, 0) is 12.3 Å². The van der Waals surface area contributed by atoms with Gasteiger partial charge in [0.1, 0.15) is 0 Å². The van der Waals surface area contributed by atoms with E-state index < -0.39 is 6.04 Å². The van der Waals surface area contributed by atoms with E-state index in [-0.39, 0.29) is 29.9 Å². The third-order valence-electron chi connectivity index (χ3n) is 3.59. The molecule has 2 amide bonds. The molecule has 0 aromatic heterocycles. The summed E-state index contributed by atoms with van der Waals surface area (Å²) in [7, 11) is 1.59. The Labute approximate surface area is 151 Å². The molecule has 0 aliphatic carbocycles. The standard InChI is InChI=1S/C18H34N2O5/c1-13(2)6-7-16(21)20-15(18(23)14(3)4)12-17(22)19-8-9-25-11-10-24-5/h13-15H,6-12H2,1-5H3,(H,19,22)(H,20,21)/t15-/m0/s1. The smallest absolute Gasteiger partial charge is 0.222 e. The Morgan fingerprint density at radius 1 is 0.960 bits per heavy atom. The SMILES string of the molecule is COCCOCCNC(=O)C[C@H](NC(=O)CCC(C)C)C(=O)C(C)C. The lowest BCUT2D eigenvalue weighted by atomic mass is 9.98. The quantitative estimate of drug-likeness (QED) is 0.457. The monoisotopic (exact) mass is 358 g/mol. The Balaban J connectivity index is 4.36. The second-order valence-electron chi connectivity index (χ2n) is 6.77. The molecule has 0 fully saturated rings. The third-order valence-corrected chi connectivity index (χ3v) is 3.59. The van der Waals surface area contributed by atoms with Crippen molar-refractivity contribution < 1.29 is 23.9 Å². The lowest BCUT2D eigenvalue weighted by molar-refractivity contribution is -0.132. The summed E-state index contributed by atoms with van der Waals surface area (Å²) in [6, 6.07) is -0.783. The van der Waals surface area contributed by atoms with E-state index in [0.717, 1.165) is 6.42 Å². The van der Waals surface area contributed by atoms with Crippen LogP contribution in [0, 0.1) is 11.8 Å². The zero-order valence-corrected chi connectivity index (χ0v) is 16.2. The van der Waals surface area contributed by atoms with Gasteiger partial charge in [-0.25, -0.2) is 0 Å². The van der Waals surface area contributed by atoms with Crippen LogP contribution in [0.2, 0.25) is 0 Å². The van der Waals surface area contributed by atoms with E-state index in [0.29, 0.717) is 38.7 Å². The van der Waals surface area contributed by atoms with Gasteiger partial charge in [-0.1, -0.05) is 27.7 Å². The van der Waals surface area contributed by atoms with Gasteiger partial charge in [0.05, 0.1) is 32.3 Å². The maximum atomic E-state index is 12.3. The summed E-state index contributed by atoms with van der Waals surface area (Å²) in [5.41, 5.74) is 0. The molecule has 25 heavy (non-hydrogen) atoms. The molecule has 0 saturated carbocycles. The predicted octanol–water partition coefficient (Wildman–Crippen LogP) is 1.30. The molecule has 2 N–H and O–H groups in total. The highest BCUT2D eigenvalue weighted by Crippen LogP contribution is 2.07. The minimum Gasteiger partial charge on any atom is -0.382 e. The molecule has 0 heterocycles. The van der Waals surface area contributed by atoms with Crippen molar-refractivity contribution >= 4 is 17.6 Å². The first-order valence-corrected chi connectivity index (χ1v) is 8.94. The number of amides is 2. The number of rotatable bonds is 14. The Bertz CT molecular complexity index is 410. The van der Waals surface area contributed by atoms with Crippen molar-refractivity contribution in [3.05, 3.63) is 0 Å². The van der Waals surface area contributed by atoms with Crippen molar-refractivity contribution in [3.63, 3.8) is 0 Å². The van der Waals surface area contributed by atoms with Crippen LogP contribution in [0.1, 0.15) is 47.0 Å². The first-order valence-electron chi connectivity index (χ1n) is 8.94. The number of methoxy groups -OCH3 is 1. The van der Waals surface area contributed by atoms with Crippen LogP contribution in [-0.4, -0.2) is 57.1 Å². The summed E-state index contributed by atoms with van der Waals surface area (Å²) >= 11 is 0. The minimum absolute atomic E-state index is 0.0531. The van der Waals surface area contributed by atoms with Crippen LogP contribution in [0.25, 0.3) is 0 Å². The summed E-state index contributed by atoms with van der Waals surface area (Å²) in [4.78, 5) is 36.3. The van der Waals surface area contributed by atoms with E-state index in [1.807, 2.05) is 13.8 Å². The number of carbonyl (C=O) groups excluding carboxylic acids is 3. The summed E-state index contributed by atoms with van der Waals surface area (Å²) in [6.07, 6.45) is 1.05. The Morgan fingerprint density at radius 3 is 2.20 bits per heavy atom. The second-order valence-corrected chi connectivity index (χ2v) is 6.77. The van der Waals surface area contributed by atoms with Crippen LogP contribution in [-0.2, 0) is 23.9 Å². The predicted molar refractivity (Wildman–Crippen MR) is 96.2 cm³/mol. The second kappa shape index (κ2) is 13.8. The highest BCUT2D eigenvalue weighted by Gasteiger charge is 2.25. The van der Waals surface area contributed by atoms with Crippen molar-refractivity contribution in [3.8, 4) is 0 Å². The van der Waals surface area contributed by atoms with Crippen LogP contribution in [0.15, 0.2) is 0 Å². The molecule has 0 radical (unpaired) electrons. The number of ether oxygens (including phenoxy) is 2. The van der Waals surface area contributed by atoms with Crippen LogP contribution in [0.4, 0.5) is 0 Å². The first-order chi connectivity index (χ1) is 11.8. The molecule has 1 atom stereocenters. The molecule has 0 aromatic rings. The zero-order valence-electron chi connectivity index (χ0n) is 16.2. The molecular formula is C18H34N2O5. The minimum atomic E-state index is -0.783. The van der Waals surface area contributed by atoms with Gasteiger partial charge in [-0.15, -0.1) is 0 Å². The number of Topliss-reactive ketones (excluding diaryl/α,β-unsaturated/α-hetero) is 1. The third kappa shape index (κ3) is 12.5. The van der Waals surface area contributed by atoms with E-state index in [1.165, 1.54) is 0 Å². The fourth-order valence-corrected chi connectivity index (χ4v) is 2.08. The summed E-state index contributed by atoms with van der Waals surface area (Å²) < 4.78 is 10.1. The average Bonchev–Trinajstić information content (AvgIpc) is 2.54. The molecule has 7 heteroatoms. The topological polar surface area (TPSA) is 93.7 Å². The first kappa shape index (κ1) is 23.5.